The topological polar surface area (TPSA) is 362 Å². The zero-order chi connectivity index (χ0) is 50.5. The Morgan fingerprint density at radius 1 is 0.559 bits per heavy atom. The Morgan fingerprint density at radius 2 is 1.06 bits per heavy atom. The lowest BCUT2D eigenvalue weighted by Crippen LogP contribution is -2.69. The number of carbonyl (C=O) groups excluding carboxylic acids is 2. The van der Waals surface area contributed by atoms with Crippen LogP contribution in [0, 0.1) is 0 Å². The van der Waals surface area contributed by atoms with Crippen LogP contribution in [0.4, 0.5) is 0 Å². The highest BCUT2D eigenvalue weighted by molar-refractivity contribution is 5.77. The van der Waals surface area contributed by atoms with Crippen molar-refractivity contribution in [2.24, 2.45) is 0 Å². The zero-order valence-electron chi connectivity index (χ0n) is 40.0. The van der Waals surface area contributed by atoms with E-state index in [0.29, 0.717) is 6.42 Å². The summed E-state index contributed by atoms with van der Waals surface area (Å²) in [7, 11) is 1.25. The first kappa shape index (κ1) is 57.0. The van der Waals surface area contributed by atoms with Gasteiger partial charge in [0, 0.05) is 20.6 Å². The van der Waals surface area contributed by atoms with E-state index in [-0.39, 0.29) is 13.0 Å². The van der Waals surface area contributed by atoms with E-state index in [1.807, 2.05) is 6.92 Å². The minimum absolute atomic E-state index is 0.199. The van der Waals surface area contributed by atoms with Gasteiger partial charge in [-0.15, -0.1) is 0 Å². The first-order valence-corrected chi connectivity index (χ1v) is 23.3. The van der Waals surface area contributed by atoms with Gasteiger partial charge in [0.1, 0.15) is 91.5 Å². The fraction of sp³-hybridized carbons (Fsp3) is 0.953. The van der Waals surface area contributed by atoms with E-state index < -0.39 is 177 Å². The molecular weight excluding hydrogens is 912 g/mol. The third kappa shape index (κ3) is 13.6. The standard InChI is InChI=1S/C43H76N2O23/c1-10-11-12-13-59-38-24(44-20(6)47)33(28(52)21(15-46)64-38)65-42-37(30(54)25(49)17(3)63-42)68-40-31(55)34(26(50)18(4)62-40)66-39-32(56)35(27(51)19(5)61-39)67-41-36(58-9)29(53)23(16(2)60-41)45-22(48)14-43(7,8)57/h16-19,21,23-42,46,49-57H,10-15H2,1-9H3,(H,44,47)(H,45,48)/t16-,17+,18+,19+,21-,23-,24-,25+,26+,27+,28+,29+,30-,31-,32-,33-,34-,35-,36-,37-,38?,39+,40+,41+,42+/m1/s1. The number of amides is 2. The van der Waals surface area contributed by atoms with Crippen LogP contribution in [0.2, 0.25) is 0 Å². The smallest absolute Gasteiger partial charge is 0.223 e. The average Bonchev–Trinajstić information content (AvgIpc) is 3.26. The molecule has 25 atom stereocenters. The molecule has 2 amide bonds. The summed E-state index contributed by atoms with van der Waals surface area (Å²) in [4.78, 5) is 25.1. The molecule has 0 aromatic carbocycles. The molecule has 0 radical (unpaired) electrons. The van der Waals surface area contributed by atoms with Crippen molar-refractivity contribution in [3.05, 3.63) is 0 Å². The molecule has 0 spiro atoms. The summed E-state index contributed by atoms with van der Waals surface area (Å²) in [5.41, 5.74) is -1.34. The van der Waals surface area contributed by atoms with Gasteiger partial charge in [0.05, 0.1) is 49.1 Å². The van der Waals surface area contributed by atoms with Gasteiger partial charge in [0.15, 0.2) is 31.5 Å². The molecule has 25 heteroatoms. The Bertz CT molecular complexity index is 1580. The molecule has 0 bridgehead atoms. The first-order valence-electron chi connectivity index (χ1n) is 23.3. The molecule has 5 aliphatic rings. The summed E-state index contributed by atoms with van der Waals surface area (Å²) in [5, 5.41) is 117. The minimum Gasteiger partial charge on any atom is -0.394 e. The van der Waals surface area contributed by atoms with Gasteiger partial charge < -0.3 is 114 Å². The summed E-state index contributed by atoms with van der Waals surface area (Å²) in [6.45, 7) is 11.4. The van der Waals surface area contributed by atoms with Crippen molar-refractivity contribution in [2.45, 2.75) is 240 Å². The van der Waals surface area contributed by atoms with E-state index in [4.69, 9.17) is 52.1 Å². The SMILES string of the molecule is CCCCCOC1O[C@H](CO)[C@H](O)[C@H](O[C@@H]2O[C@@H](C)[C@H](O)[C@@H](O)[C@H]2O[C@@H]2O[C@@H](C)[C@H](O)[C@@H](O[C@@H]3O[C@@H](C)[C@H](O)[C@@H](O[C@@H]4O[C@H](C)[C@@H](NC(=O)CC(C)(C)O)[C@H](O)[C@H]4OC)[C@H]3O)[C@H]2O)[C@H]1NC(C)=O. The molecule has 0 saturated carbocycles. The third-order valence-corrected chi connectivity index (χ3v) is 12.8. The fourth-order valence-corrected chi connectivity index (χ4v) is 8.94. The van der Waals surface area contributed by atoms with Crippen LogP contribution < -0.4 is 10.6 Å². The van der Waals surface area contributed by atoms with E-state index in [1.54, 1.807) is 0 Å². The van der Waals surface area contributed by atoms with Crippen molar-refractivity contribution < 1.29 is 113 Å². The maximum absolute atomic E-state index is 12.6. The quantitative estimate of drug-likeness (QED) is 0.0543. The van der Waals surface area contributed by atoms with E-state index in [9.17, 15) is 60.7 Å². The second-order valence-electron chi connectivity index (χ2n) is 19.0. The number of hydrogen-bond acceptors (Lipinski definition) is 23. The number of hydrogen-bond donors (Lipinski definition) is 12. The Balaban J connectivity index is 1.33. The number of methoxy groups -OCH3 is 1. The summed E-state index contributed by atoms with van der Waals surface area (Å²) in [6.07, 6.45) is -32.6. The van der Waals surface area contributed by atoms with Crippen molar-refractivity contribution in [2.75, 3.05) is 20.3 Å². The number of aliphatic hydroxyl groups excluding tert-OH is 9. The van der Waals surface area contributed by atoms with Gasteiger partial charge in [-0.1, -0.05) is 19.8 Å². The van der Waals surface area contributed by atoms with Crippen LogP contribution >= 0.6 is 0 Å². The van der Waals surface area contributed by atoms with Gasteiger partial charge in [-0.25, -0.2) is 0 Å². The second-order valence-corrected chi connectivity index (χ2v) is 19.0. The Hall–Kier alpha value is -1.90. The van der Waals surface area contributed by atoms with Gasteiger partial charge in [0.2, 0.25) is 11.8 Å². The molecule has 1 unspecified atom stereocenters. The summed E-state index contributed by atoms with van der Waals surface area (Å²) in [5.74, 6) is -1.12. The minimum atomic E-state index is -1.96. The van der Waals surface area contributed by atoms with E-state index in [2.05, 4.69) is 10.6 Å². The number of nitrogens with one attached hydrogen (secondary N) is 2. The molecule has 68 heavy (non-hydrogen) atoms. The third-order valence-electron chi connectivity index (χ3n) is 12.8. The van der Waals surface area contributed by atoms with Crippen LogP contribution in [0.1, 0.15) is 81.1 Å². The molecule has 12 N–H and O–H groups in total. The van der Waals surface area contributed by atoms with Crippen LogP contribution in [0.3, 0.4) is 0 Å². The average molecular weight is 989 g/mol. The van der Waals surface area contributed by atoms with Crippen molar-refractivity contribution in [3.63, 3.8) is 0 Å². The number of aliphatic hydroxyl groups is 10. The monoisotopic (exact) mass is 988 g/mol. The molecule has 5 fully saturated rings. The summed E-state index contributed by atoms with van der Waals surface area (Å²) >= 11 is 0. The lowest BCUT2D eigenvalue weighted by Gasteiger charge is -2.50. The van der Waals surface area contributed by atoms with Gasteiger partial charge >= 0.3 is 0 Å². The Labute approximate surface area is 395 Å². The van der Waals surface area contributed by atoms with Crippen molar-refractivity contribution in [1.29, 1.82) is 0 Å². The second kappa shape index (κ2) is 24.7. The fourth-order valence-electron chi connectivity index (χ4n) is 8.94. The zero-order valence-corrected chi connectivity index (χ0v) is 40.0. The normalized spacial score (nSPS) is 46.0. The highest BCUT2D eigenvalue weighted by atomic mass is 16.8. The molecule has 5 saturated heterocycles. The maximum atomic E-state index is 12.6. The van der Waals surface area contributed by atoms with Crippen LogP contribution in [0.25, 0.3) is 0 Å². The summed E-state index contributed by atoms with van der Waals surface area (Å²) < 4.78 is 65.3. The molecule has 0 aromatic rings. The molecule has 5 aliphatic heterocycles. The maximum Gasteiger partial charge on any atom is 0.223 e. The van der Waals surface area contributed by atoms with Crippen LogP contribution in [0.15, 0.2) is 0 Å². The molecule has 0 aromatic heterocycles. The summed E-state index contributed by atoms with van der Waals surface area (Å²) in [6, 6.07) is -2.22. The van der Waals surface area contributed by atoms with E-state index in [1.165, 1.54) is 55.6 Å². The van der Waals surface area contributed by atoms with Gasteiger partial charge in [-0.2, -0.15) is 0 Å². The van der Waals surface area contributed by atoms with Crippen LogP contribution in [0.5, 0.6) is 0 Å². The largest absolute Gasteiger partial charge is 0.394 e. The lowest BCUT2D eigenvalue weighted by atomic mass is 9.94. The highest BCUT2D eigenvalue weighted by Gasteiger charge is 2.56. The number of unbranched alkanes of at least 4 members (excludes halogenated alkanes) is 2. The van der Waals surface area contributed by atoms with Crippen LogP contribution in [-0.4, -0.2) is 242 Å². The van der Waals surface area contributed by atoms with Crippen molar-refractivity contribution >= 4 is 11.8 Å². The van der Waals surface area contributed by atoms with Gasteiger partial charge in [-0.05, 0) is 48.0 Å². The predicted octanol–water partition coefficient (Wildman–Crippen LogP) is -4.52. The van der Waals surface area contributed by atoms with Crippen LogP contribution in [-0.2, 0) is 61.7 Å². The molecule has 5 heterocycles. The highest BCUT2D eigenvalue weighted by Crippen LogP contribution is 2.36. The molecule has 0 aliphatic carbocycles. The number of carbonyl (C=O) groups is 2. The molecular formula is C43H76N2O23. The Kier molecular flexibility index (Phi) is 20.7. The lowest BCUT2D eigenvalue weighted by molar-refractivity contribution is -0.393. The van der Waals surface area contributed by atoms with Gasteiger partial charge in [-0.3, -0.25) is 9.59 Å². The van der Waals surface area contributed by atoms with Crippen molar-refractivity contribution in [1.82, 2.24) is 10.6 Å². The van der Waals surface area contributed by atoms with Gasteiger partial charge in [0.25, 0.3) is 0 Å². The molecule has 5 rings (SSSR count). The molecule has 396 valence electrons. The number of rotatable bonds is 19. The number of ether oxygens (including phenoxy) is 11. The molecule has 25 nitrogen and oxygen atoms in total. The Morgan fingerprint density at radius 3 is 1.59 bits per heavy atom. The van der Waals surface area contributed by atoms with Crippen molar-refractivity contribution in [3.8, 4) is 0 Å². The first-order chi connectivity index (χ1) is 31.9. The van der Waals surface area contributed by atoms with E-state index >= 15 is 0 Å². The predicted molar refractivity (Wildman–Crippen MR) is 227 cm³/mol. The van der Waals surface area contributed by atoms with E-state index in [0.717, 1.165) is 12.8 Å².